The molecule has 2 aromatic carbocycles. The molecule has 21 heavy (non-hydrogen) atoms. The molecule has 1 N–H and O–H groups in total. The normalized spacial score (nSPS) is 14.5. The fourth-order valence-electron chi connectivity index (χ4n) is 2.24. The predicted octanol–water partition coefficient (Wildman–Crippen LogP) is 4.68. The molecule has 0 amide bonds. The van der Waals surface area contributed by atoms with Crippen molar-refractivity contribution in [1.29, 1.82) is 0 Å². The van der Waals surface area contributed by atoms with Crippen molar-refractivity contribution in [2.24, 2.45) is 0 Å². The molecule has 110 valence electrons. The summed E-state index contributed by atoms with van der Waals surface area (Å²) in [5.74, 6) is -3.84. The molecule has 0 heterocycles. The first-order valence-electron chi connectivity index (χ1n) is 6.71. The first-order chi connectivity index (χ1) is 10.0. The largest absolute Gasteiger partial charge is 0.310 e. The van der Waals surface area contributed by atoms with E-state index in [0.717, 1.165) is 30.5 Å². The zero-order valence-corrected chi connectivity index (χ0v) is 11.9. The predicted molar refractivity (Wildman–Crippen MR) is 76.6 cm³/mol. The van der Waals surface area contributed by atoms with Gasteiger partial charge in [0.25, 0.3) is 0 Å². The molecule has 0 saturated heterocycles. The lowest BCUT2D eigenvalue weighted by Crippen LogP contribution is -2.16. The summed E-state index contributed by atoms with van der Waals surface area (Å²) < 4.78 is 39.9. The van der Waals surface area contributed by atoms with E-state index < -0.39 is 17.5 Å². The Bertz CT molecular complexity index is 660. The van der Waals surface area contributed by atoms with Gasteiger partial charge in [0.2, 0.25) is 0 Å². The summed E-state index contributed by atoms with van der Waals surface area (Å²) in [7, 11) is 0. The summed E-state index contributed by atoms with van der Waals surface area (Å²) in [5, 5.41) is 3.88. The lowest BCUT2D eigenvalue weighted by atomic mass is 9.99. The molecular formula is C16H13ClF3N. The van der Waals surface area contributed by atoms with E-state index >= 15 is 0 Å². The smallest absolute Gasteiger partial charge is 0.194 e. The SMILES string of the molecule is Fc1cc(-c2ccc(Cl)cc2CNC2CC2)cc(F)c1F. The third kappa shape index (κ3) is 3.22. The standard InChI is InChI=1S/C16H13ClF3N/c17-11-1-4-13(10(5-11)8-21-12-2-3-12)9-6-14(18)16(20)15(19)7-9/h1,4-7,12,21H,2-3,8H2. The van der Waals surface area contributed by atoms with Crippen LogP contribution in [0.2, 0.25) is 5.02 Å². The molecule has 0 spiro atoms. The van der Waals surface area contributed by atoms with Gasteiger partial charge in [0, 0.05) is 17.6 Å². The van der Waals surface area contributed by atoms with E-state index in [0.29, 0.717) is 28.7 Å². The molecular weight excluding hydrogens is 299 g/mol. The van der Waals surface area contributed by atoms with Crippen molar-refractivity contribution in [1.82, 2.24) is 5.32 Å². The van der Waals surface area contributed by atoms with Crippen molar-refractivity contribution in [2.75, 3.05) is 0 Å². The minimum Gasteiger partial charge on any atom is -0.310 e. The van der Waals surface area contributed by atoms with Gasteiger partial charge in [-0.15, -0.1) is 0 Å². The summed E-state index contributed by atoms with van der Waals surface area (Å²) in [6.45, 7) is 0.557. The fraction of sp³-hybridized carbons (Fsp3) is 0.250. The van der Waals surface area contributed by atoms with Gasteiger partial charge in [0.15, 0.2) is 17.5 Å². The zero-order chi connectivity index (χ0) is 15.0. The Morgan fingerprint density at radius 2 is 1.71 bits per heavy atom. The van der Waals surface area contributed by atoms with Crippen LogP contribution in [0, 0.1) is 17.5 Å². The van der Waals surface area contributed by atoms with Crippen LogP contribution in [0.5, 0.6) is 0 Å². The summed E-state index contributed by atoms with van der Waals surface area (Å²) in [4.78, 5) is 0. The maximum absolute atomic E-state index is 13.4. The summed E-state index contributed by atoms with van der Waals surface area (Å²) >= 11 is 5.99. The molecule has 2 aromatic rings. The van der Waals surface area contributed by atoms with Crippen LogP contribution in [0.3, 0.4) is 0 Å². The molecule has 1 fully saturated rings. The maximum atomic E-state index is 13.4. The summed E-state index contributed by atoms with van der Waals surface area (Å²) in [6, 6.07) is 7.60. The van der Waals surface area contributed by atoms with E-state index in [2.05, 4.69) is 5.32 Å². The summed E-state index contributed by atoms with van der Waals surface area (Å²) in [5.41, 5.74) is 1.78. The zero-order valence-electron chi connectivity index (χ0n) is 11.1. The Morgan fingerprint density at radius 3 is 2.33 bits per heavy atom. The van der Waals surface area contributed by atoms with Crippen LogP contribution >= 0.6 is 11.6 Å². The van der Waals surface area contributed by atoms with Gasteiger partial charge in [0.05, 0.1) is 0 Å². The lowest BCUT2D eigenvalue weighted by molar-refractivity contribution is 0.447. The van der Waals surface area contributed by atoms with Crippen molar-refractivity contribution in [3.05, 3.63) is 58.4 Å². The third-order valence-electron chi connectivity index (χ3n) is 3.52. The highest BCUT2D eigenvalue weighted by molar-refractivity contribution is 6.30. The number of nitrogens with one attached hydrogen (secondary N) is 1. The Hall–Kier alpha value is -1.52. The van der Waals surface area contributed by atoms with E-state index in [9.17, 15) is 13.2 Å². The van der Waals surface area contributed by atoms with Crippen molar-refractivity contribution < 1.29 is 13.2 Å². The molecule has 0 aliphatic heterocycles. The second-order valence-corrected chi connectivity index (χ2v) is 5.65. The lowest BCUT2D eigenvalue weighted by Gasteiger charge is -2.12. The molecule has 0 aromatic heterocycles. The number of benzene rings is 2. The minimum absolute atomic E-state index is 0.302. The van der Waals surface area contributed by atoms with Crippen LogP contribution in [-0.2, 0) is 6.54 Å². The average molecular weight is 312 g/mol. The van der Waals surface area contributed by atoms with Gasteiger partial charge in [-0.3, -0.25) is 0 Å². The van der Waals surface area contributed by atoms with Crippen LogP contribution in [-0.4, -0.2) is 6.04 Å². The first-order valence-corrected chi connectivity index (χ1v) is 7.09. The van der Waals surface area contributed by atoms with E-state index in [-0.39, 0.29) is 0 Å². The van der Waals surface area contributed by atoms with E-state index in [1.165, 1.54) is 0 Å². The number of rotatable bonds is 4. The number of hydrogen-bond donors (Lipinski definition) is 1. The molecule has 1 aliphatic carbocycles. The van der Waals surface area contributed by atoms with E-state index in [1.54, 1.807) is 18.2 Å². The van der Waals surface area contributed by atoms with Gasteiger partial charge in [-0.25, -0.2) is 13.2 Å². The molecule has 1 saturated carbocycles. The highest BCUT2D eigenvalue weighted by atomic mass is 35.5. The molecule has 0 atom stereocenters. The number of halogens is 4. The van der Waals surface area contributed by atoms with Gasteiger partial charge in [0.1, 0.15) is 0 Å². The van der Waals surface area contributed by atoms with Crippen molar-refractivity contribution in [2.45, 2.75) is 25.4 Å². The third-order valence-corrected chi connectivity index (χ3v) is 3.76. The van der Waals surface area contributed by atoms with Crippen molar-refractivity contribution in [3.8, 4) is 11.1 Å². The van der Waals surface area contributed by atoms with Crippen LogP contribution in [0.1, 0.15) is 18.4 Å². The first kappa shape index (κ1) is 14.4. The van der Waals surface area contributed by atoms with Crippen LogP contribution in [0.15, 0.2) is 30.3 Å². The van der Waals surface area contributed by atoms with Gasteiger partial charge in [-0.05, 0) is 53.8 Å². The molecule has 0 radical (unpaired) electrons. The molecule has 1 nitrogen and oxygen atoms in total. The molecule has 5 heteroatoms. The molecule has 0 bridgehead atoms. The van der Waals surface area contributed by atoms with Crippen LogP contribution in [0.25, 0.3) is 11.1 Å². The molecule has 1 aliphatic rings. The topological polar surface area (TPSA) is 12.0 Å². The Balaban J connectivity index is 1.99. The maximum Gasteiger partial charge on any atom is 0.194 e. The average Bonchev–Trinajstić information content (AvgIpc) is 3.26. The Morgan fingerprint density at radius 1 is 1.05 bits per heavy atom. The second-order valence-electron chi connectivity index (χ2n) is 5.21. The Labute approximate surface area is 125 Å². The van der Waals surface area contributed by atoms with Gasteiger partial charge >= 0.3 is 0 Å². The Kier molecular flexibility index (Phi) is 3.91. The van der Waals surface area contributed by atoms with E-state index in [1.807, 2.05) is 0 Å². The number of hydrogen-bond acceptors (Lipinski definition) is 1. The van der Waals surface area contributed by atoms with Gasteiger partial charge < -0.3 is 5.32 Å². The monoisotopic (exact) mass is 311 g/mol. The van der Waals surface area contributed by atoms with Crippen LogP contribution in [0.4, 0.5) is 13.2 Å². The van der Waals surface area contributed by atoms with E-state index in [4.69, 9.17) is 11.6 Å². The highest BCUT2D eigenvalue weighted by Crippen LogP contribution is 2.30. The van der Waals surface area contributed by atoms with Gasteiger partial charge in [-0.1, -0.05) is 17.7 Å². The quantitative estimate of drug-likeness (QED) is 0.809. The minimum atomic E-state index is -1.45. The fourth-order valence-corrected chi connectivity index (χ4v) is 2.44. The summed E-state index contributed by atoms with van der Waals surface area (Å²) in [6.07, 6.45) is 2.27. The van der Waals surface area contributed by atoms with Crippen molar-refractivity contribution >= 4 is 11.6 Å². The molecule has 3 rings (SSSR count). The molecule has 0 unspecified atom stereocenters. The van der Waals surface area contributed by atoms with Crippen molar-refractivity contribution in [3.63, 3.8) is 0 Å². The second kappa shape index (κ2) is 5.70. The highest BCUT2D eigenvalue weighted by Gasteiger charge is 2.21. The van der Waals surface area contributed by atoms with Gasteiger partial charge in [-0.2, -0.15) is 0 Å². The van der Waals surface area contributed by atoms with Crippen LogP contribution < -0.4 is 5.32 Å².